The van der Waals surface area contributed by atoms with Crippen LogP contribution in [0.3, 0.4) is 0 Å². The fourth-order valence-electron chi connectivity index (χ4n) is 1.23. The van der Waals surface area contributed by atoms with Crippen LogP contribution in [-0.4, -0.2) is 60.0 Å². The van der Waals surface area contributed by atoms with Crippen LogP contribution in [0.4, 0.5) is 0 Å². The Morgan fingerprint density at radius 2 is 1.75 bits per heavy atom. The van der Waals surface area contributed by atoms with Crippen molar-refractivity contribution >= 4 is 23.7 Å². The fourth-order valence-corrected chi connectivity index (χ4v) is 1.23. The molecule has 0 aliphatic heterocycles. The number of carboxylic acids is 1. The predicted molar refractivity (Wildman–Crippen MR) is 89.5 cm³/mol. The highest BCUT2D eigenvalue weighted by Crippen LogP contribution is 2.18. The number of likely N-dealkylation sites (N-methyl/N-ethyl adjacent to an activating group) is 1. The van der Waals surface area contributed by atoms with Crippen LogP contribution < -0.4 is 11.1 Å². The molecule has 0 aliphatic carbocycles. The molecule has 0 atom stereocenters. The highest BCUT2D eigenvalue weighted by molar-refractivity contribution is 5.93. The predicted octanol–water partition coefficient (Wildman–Crippen LogP) is 0.568. The summed E-state index contributed by atoms with van der Waals surface area (Å²) in [6.07, 6.45) is -0.133. The lowest BCUT2D eigenvalue weighted by atomic mass is 10.1. The number of nitrogens with zero attached hydrogens (tertiary/aromatic N) is 3. The molecule has 0 unspecified atom stereocenters. The number of esters is 1. The Morgan fingerprint density at radius 3 is 2.25 bits per heavy atom. The normalized spacial score (nSPS) is 13.1. The van der Waals surface area contributed by atoms with Gasteiger partial charge < -0.3 is 20.9 Å². The van der Waals surface area contributed by atoms with E-state index >= 15 is 0 Å². The molecule has 0 amide bonds. The number of aliphatic carboxylic acids is 1. The molecular weight excluding hydrogens is 316 g/mol. The van der Waals surface area contributed by atoms with Gasteiger partial charge in [-0.2, -0.15) is 10.2 Å². The average Bonchev–Trinajstić information content (AvgIpc) is 2.45. The first kappa shape index (κ1) is 21.6. The van der Waals surface area contributed by atoms with Crippen LogP contribution in [0.5, 0.6) is 0 Å². The number of amidine groups is 1. The molecule has 0 radical (unpaired) electrons. The molecule has 0 aromatic rings. The van der Waals surface area contributed by atoms with Crippen LogP contribution in [0, 0.1) is 5.41 Å². The van der Waals surface area contributed by atoms with Gasteiger partial charge in [-0.25, -0.2) is 0 Å². The van der Waals surface area contributed by atoms with E-state index in [0.717, 1.165) is 0 Å². The minimum atomic E-state index is -1.16. The third-order valence-electron chi connectivity index (χ3n) is 2.88. The van der Waals surface area contributed by atoms with Gasteiger partial charge >= 0.3 is 11.9 Å². The molecule has 0 rings (SSSR count). The SMILES string of the molecule is CNCC(=O)OC(=N)C(C)(C)N=NC(C)(C)C(N)=NCCC(=O)O. The van der Waals surface area contributed by atoms with E-state index in [-0.39, 0.29) is 31.2 Å². The van der Waals surface area contributed by atoms with E-state index in [4.69, 9.17) is 21.0 Å². The molecule has 5 N–H and O–H groups in total. The summed E-state index contributed by atoms with van der Waals surface area (Å²) in [5, 5.41) is 27.1. The minimum absolute atomic E-state index is 0.0235. The van der Waals surface area contributed by atoms with E-state index in [2.05, 4.69) is 20.5 Å². The van der Waals surface area contributed by atoms with E-state index in [1.165, 1.54) is 0 Å². The van der Waals surface area contributed by atoms with Gasteiger partial charge in [0.15, 0.2) is 5.54 Å². The number of azo groups is 1. The highest BCUT2D eigenvalue weighted by Gasteiger charge is 2.30. The third-order valence-corrected chi connectivity index (χ3v) is 2.88. The topological polar surface area (TPSA) is 163 Å². The molecule has 0 saturated heterocycles. The summed E-state index contributed by atoms with van der Waals surface area (Å²) in [6, 6.07) is 0. The lowest BCUT2D eigenvalue weighted by Crippen LogP contribution is -2.39. The standard InChI is InChI=1S/C14H26N6O4/c1-13(2,11(15)18-7-6-9(21)22)19-20-14(3,4)12(16)24-10(23)8-17-5/h16-17H,6-8H2,1-5H3,(H2,15,18)(H,21,22). The molecule has 0 aromatic heterocycles. The van der Waals surface area contributed by atoms with Gasteiger partial charge in [0.2, 0.25) is 5.90 Å². The minimum Gasteiger partial charge on any atom is -0.481 e. The summed E-state index contributed by atoms with van der Waals surface area (Å²) in [4.78, 5) is 25.8. The number of aliphatic imine (C=N–C) groups is 1. The van der Waals surface area contributed by atoms with Gasteiger partial charge in [0.05, 0.1) is 19.5 Å². The monoisotopic (exact) mass is 342 g/mol. The first-order valence-electron chi connectivity index (χ1n) is 7.33. The summed E-state index contributed by atoms with van der Waals surface area (Å²) < 4.78 is 4.87. The largest absolute Gasteiger partial charge is 0.481 e. The summed E-state index contributed by atoms with van der Waals surface area (Å²) in [6.45, 7) is 6.47. The Hall–Kier alpha value is -2.36. The van der Waals surface area contributed by atoms with Crippen molar-refractivity contribution in [1.82, 2.24) is 5.32 Å². The van der Waals surface area contributed by atoms with Crippen LogP contribution in [0.2, 0.25) is 0 Å². The Balaban J connectivity index is 4.95. The molecule has 0 heterocycles. The van der Waals surface area contributed by atoms with Crippen molar-refractivity contribution in [3.8, 4) is 0 Å². The van der Waals surface area contributed by atoms with Gasteiger partial charge in [-0.15, -0.1) is 0 Å². The smallest absolute Gasteiger partial charge is 0.326 e. The van der Waals surface area contributed by atoms with Crippen molar-refractivity contribution in [2.45, 2.75) is 45.2 Å². The number of carboxylic acid groups (broad SMARTS) is 1. The van der Waals surface area contributed by atoms with E-state index in [9.17, 15) is 9.59 Å². The Bertz CT molecular complexity index is 539. The lowest BCUT2D eigenvalue weighted by Gasteiger charge is -2.22. The number of hydrogen-bond donors (Lipinski definition) is 4. The zero-order chi connectivity index (χ0) is 19.0. The first-order chi connectivity index (χ1) is 10.9. The van der Waals surface area contributed by atoms with Crippen LogP contribution in [-0.2, 0) is 14.3 Å². The van der Waals surface area contributed by atoms with Gasteiger partial charge in [-0.1, -0.05) is 0 Å². The second-order valence-electron chi connectivity index (χ2n) is 6.06. The van der Waals surface area contributed by atoms with Gasteiger partial charge in [-0.05, 0) is 34.7 Å². The zero-order valence-electron chi connectivity index (χ0n) is 14.7. The van der Waals surface area contributed by atoms with Gasteiger partial charge in [-0.3, -0.25) is 20.0 Å². The quantitative estimate of drug-likeness (QED) is 0.207. The highest BCUT2D eigenvalue weighted by atomic mass is 16.5. The summed E-state index contributed by atoms with van der Waals surface area (Å²) in [5.41, 5.74) is 3.67. The molecule has 136 valence electrons. The molecule has 10 heteroatoms. The fraction of sp³-hybridized carbons (Fsp3) is 0.714. The summed E-state index contributed by atoms with van der Waals surface area (Å²) >= 11 is 0. The molecule has 10 nitrogen and oxygen atoms in total. The molecule has 0 saturated carbocycles. The van der Waals surface area contributed by atoms with Crippen LogP contribution in [0.1, 0.15) is 34.1 Å². The maximum Gasteiger partial charge on any atom is 0.326 e. The number of carbonyl (C=O) groups excluding carboxylic acids is 1. The molecular formula is C14H26N6O4. The molecule has 0 aliphatic rings. The number of nitrogens with two attached hydrogens (primary N) is 1. The molecule has 0 bridgehead atoms. The van der Waals surface area contributed by atoms with Crippen molar-refractivity contribution in [3.05, 3.63) is 0 Å². The van der Waals surface area contributed by atoms with Gasteiger partial charge in [0, 0.05) is 0 Å². The van der Waals surface area contributed by atoms with Crippen molar-refractivity contribution < 1.29 is 19.4 Å². The Morgan fingerprint density at radius 1 is 1.21 bits per heavy atom. The number of rotatable bonds is 9. The van der Waals surface area contributed by atoms with Crippen molar-refractivity contribution in [2.75, 3.05) is 20.1 Å². The zero-order valence-corrected chi connectivity index (χ0v) is 14.7. The molecule has 0 fully saturated rings. The van der Waals surface area contributed by atoms with Crippen molar-refractivity contribution in [2.24, 2.45) is 21.0 Å². The number of carbonyl (C=O) groups is 2. The summed E-state index contributed by atoms with van der Waals surface area (Å²) in [7, 11) is 1.59. The van der Waals surface area contributed by atoms with E-state index in [1.807, 2.05) is 0 Å². The number of nitrogens with one attached hydrogen (secondary N) is 2. The van der Waals surface area contributed by atoms with Gasteiger partial charge in [0.1, 0.15) is 11.4 Å². The van der Waals surface area contributed by atoms with Crippen LogP contribution in [0.25, 0.3) is 0 Å². The van der Waals surface area contributed by atoms with E-state index < -0.39 is 23.0 Å². The Kier molecular flexibility index (Phi) is 8.17. The van der Waals surface area contributed by atoms with Crippen molar-refractivity contribution in [1.29, 1.82) is 5.41 Å². The second-order valence-corrected chi connectivity index (χ2v) is 6.06. The van der Waals surface area contributed by atoms with Crippen molar-refractivity contribution in [3.63, 3.8) is 0 Å². The number of hydrogen-bond acceptors (Lipinski definition) is 8. The molecule has 0 aromatic carbocycles. The van der Waals surface area contributed by atoms with Crippen LogP contribution in [0.15, 0.2) is 15.2 Å². The van der Waals surface area contributed by atoms with Gasteiger partial charge in [0.25, 0.3) is 0 Å². The first-order valence-corrected chi connectivity index (χ1v) is 7.33. The number of ether oxygens (including phenoxy) is 1. The Labute approximate surface area is 141 Å². The van der Waals surface area contributed by atoms with E-state index in [0.29, 0.717) is 0 Å². The molecule has 0 spiro atoms. The molecule has 24 heavy (non-hydrogen) atoms. The maximum atomic E-state index is 11.4. The second kappa shape index (κ2) is 9.06. The van der Waals surface area contributed by atoms with E-state index in [1.54, 1.807) is 34.7 Å². The third kappa shape index (κ3) is 7.77. The van der Waals surface area contributed by atoms with Crippen LogP contribution >= 0.6 is 0 Å². The average molecular weight is 342 g/mol. The lowest BCUT2D eigenvalue weighted by molar-refractivity contribution is -0.137. The maximum absolute atomic E-state index is 11.4. The summed E-state index contributed by atoms with van der Waals surface area (Å²) in [5.74, 6) is -1.78.